The highest BCUT2D eigenvalue weighted by atomic mass is 32.1. The number of nitrogens with one attached hydrogen (secondary N) is 1. The summed E-state index contributed by atoms with van der Waals surface area (Å²) in [5.41, 5.74) is 0.799. The van der Waals surface area contributed by atoms with Crippen molar-refractivity contribution in [2.45, 2.75) is 19.4 Å². The third-order valence-electron chi connectivity index (χ3n) is 2.71. The Bertz CT molecular complexity index is 575. The number of anilines is 1. The van der Waals surface area contributed by atoms with Crippen LogP contribution in [0.15, 0.2) is 36.2 Å². The first kappa shape index (κ1) is 14.5. The summed E-state index contributed by atoms with van der Waals surface area (Å²) in [6.07, 6.45) is 2.74. The molecule has 2 N–H and O–H groups in total. The summed E-state index contributed by atoms with van der Waals surface area (Å²) >= 11 is 1.58. The molecule has 0 fully saturated rings. The summed E-state index contributed by atoms with van der Waals surface area (Å²) in [5, 5.41) is 18.3. The molecule has 1 amide bonds. The molecule has 5 nitrogen and oxygen atoms in total. The summed E-state index contributed by atoms with van der Waals surface area (Å²) < 4.78 is 1.61. The number of rotatable bonds is 7. The predicted octanol–water partition coefficient (Wildman–Crippen LogP) is 2.51. The number of aromatic nitrogens is 2. The van der Waals surface area contributed by atoms with Crippen LogP contribution >= 0.6 is 11.3 Å². The van der Waals surface area contributed by atoms with Crippen LogP contribution in [0.3, 0.4) is 0 Å². The average Bonchev–Trinajstić information content (AvgIpc) is 3.07. The number of aliphatic hydroxyl groups is 1. The number of carbonyl (C=O) groups is 1. The molecule has 0 aromatic carbocycles. The zero-order chi connectivity index (χ0) is 14.4. The second-order valence-corrected chi connectivity index (χ2v) is 5.16. The van der Waals surface area contributed by atoms with E-state index < -0.39 is 0 Å². The molecule has 20 heavy (non-hydrogen) atoms. The Labute approximate surface area is 121 Å². The van der Waals surface area contributed by atoms with Crippen LogP contribution in [0.2, 0.25) is 0 Å². The van der Waals surface area contributed by atoms with Gasteiger partial charge in [0.05, 0.1) is 18.0 Å². The van der Waals surface area contributed by atoms with E-state index in [4.69, 9.17) is 5.11 Å². The molecule has 0 atom stereocenters. The van der Waals surface area contributed by atoms with Crippen LogP contribution in [0.5, 0.6) is 0 Å². The molecule has 0 bridgehead atoms. The second-order valence-electron chi connectivity index (χ2n) is 4.21. The first-order chi connectivity index (χ1) is 9.74. The molecule has 0 spiro atoms. The quantitative estimate of drug-likeness (QED) is 0.770. The van der Waals surface area contributed by atoms with Crippen LogP contribution in [0, 0.1) is 0 Å². The second kappa shape index (κ2) is 7.02. The van der Waals surface area contributed by atoms with Crippen molar-refractivity contribution in [2.75, 3.05) is 11.9 Å². The molecular weight excluding hydrogens is 274 g/mol. The number of amides is 1. The number of hydrogen-bond donors (Lipinski definition) is 2. The Morgan fingerprint density at radius 1 is 1.60 bits per heavy atom. The maximum Gasteiger partial charge on any atom is 0.225 e. The van der Waals surface area contributed by atoms with Crippen molar-refractivity contribution >= 4 is 23.1 Å². The molecule has 6 heteroatoms. The van der Waals surface area contributed by atoms with Gasteiger partial charge in [0.2, 0.25) is 5.91 Å². The lowest BCUT2D eigenvalue weighted by Gasteiger charge is -2.06. The van der Waals surface area contributed by atoms with Crippen LogP contribution in [-0.4, -0.2) is 27.4 Å². The Hall–Kier alpha value is -1.92. The van der Waals surface area contributed by atoms with Gasteiger partial charge in [0.15, 0.2) is 0 Å². The fourth-order valence-corrected chi connectivity index (χ4v) is 2.45. The van der Waals surface area contributed by atoms with Crippen molar-refractivity contribution in [1.29, 1.82) is 0 Å². The summed E-state index contributed by atoms with van der Waals surface area (Å²) in [5.74, 6) is 0.526. The fourth-order valence-electron chi connectivity index (χ4n) is 1.77. The van der Waals surface area contributed by atoms with Crippen molar-refractivity contribution in [2.24, 2.45) is 0 Å². The van der Waals surface area contributed by atoms with Gasteiger partial charge in [0.25, 0.3) is 0 Å². The number of allylic oxidation sites excluding steroid dienone is 1. The molecule has 0 aliphatic heterocycles. The van der Waals surface area contributed by atoms with Crippen molar-refractivity contribution < 1.29 is 9.90 Å². The van der Waals surface area contributed by atoms with E-state index in [2.05, 4.69) is 17.0 Å². The van der Waals surface area contributed by atoms with E-state index in [1.165, 1.54) is 0 Å². The van der Waals surface area contributed by atoms with E-state index in [-0.39, 0.29) is 12.5 Å². The molecule has 106 valence electrons. The normalized spacial score (nSPS) is 10.4. The van der Waals surface area contributed by atoms with Gasteiger partial charge in [0.1, 0.15) is 11.5 Å². The minimum Gasteiger partial charge on any atom is -0.394 e. The molecular formula is C14H17N3O2S. The molecule has 2 rings (SSSR count). The van der Waals surface area contributed by atoms with Crippen molar-refractivity contribution in [3.8, 4) is 10.6 Å². The Morgan fingerprint density at radius 2 is 2.45 bits per heavy atom. The zero-order valence-corrected chi connectivity index (χ0v) is 11.9. The smallest absolute Gasteiger partial charge is 0.225 e. The molecule has 0 saturated heterocycles. The van der Waals surface area contributed by atoms with Gasteiger partial charge in [0, 0.05) is 12.5 Å². The first-order valence-corrected chi connectivity index (χ1v) is 7.26. The monoisotopic (exact) mass is 291 g/mol. The first-order valence-electron chi connectivity index (χ1n) is 6.38. The van der Waals surface area contributed by atoms with Crippen LogP contribution in [0.4, 0.5) is 5.82 Å². The standard InChI is InChI=1S/C14H17N3O2S/c1-2-3-6-14(19)15-13-10-11(12-5-4-9-20-12)16-17(13)7-8-18/h2,4-5,9-10,18H,1,3,6-8H2,(H,15,19). The maximum atomic E-state index is 11.8. The number of hydrogen-bond acceptors (Lipinski definition) is 4. The van der Waals surface area contributed by atoms with Crippen molar-refractivity contribution in [1.82, 2.24) is 9.78 Å². The van der Waals surface area contributed by atoms with E-state index in [1.54, 1.807) is 22.1 Å². The lowest BCUT2D eigenvalue weighted by molar-refractivity contribution is -0.116. The highest BCUT2D eigenvalue weighted by Crippen LogP contribution is 2.26. The molecule has 0 radical (unpaired) electrons. The van der Waals surface area contributed by atoms with Gasteiger partial charge in [-0.2, -0.15) is 5.10 Å². The topological polar surface area (TPSA) is 67.2 Å². The van der Waals surface area contributed by atoms with Gasteiger partial charge in [-0.25, -0.2) is 4.68 Å². The number of aliphatic hydroxyl groups excluding tert-OH is 1. The summed E-state index contributed by atoms with van der Waals surface area (Å²) in [4.78, 5) is 12.8. The lowest BCUT2D eigenvalue weighted by atomic mass is 10.3. The highest BCUT2D eigenvalue weighted by Gasteiger charge is 2.12. The fraction of sp³-hybridized carbons (Fsp3) is 0.286. The third-order valence-corrected chi connectivity index (χ3v) is 3.60. The number of carbonyl (C=O) groups excluding carboxylic acids is 1. The van der Waals surface area contributed by atoms with Gasteiger partial charge >= 0.3 is 0 Å². The van der Waals surface area contributed by atoms with Crippen LogP contribution in [0.1, 0.15) is 12.8 Å². The van der Waals surface area contributed by atoms with Crippen molar-refractivity contribution in [3.63, 3.8) is 0 Å². The van der Waals surface area contributed by atoms with Gasteiger partial charge in [-0.05, 0) is 17.9 Å². The Morgan fingerprint density at radius 3 is 3.10 bits per heavy atom. The Kier molecular flexibility index (Phi) is 5.09. The minimum absolute atomic E-state index is 0.0267. The summed E-state index contributed by atoms with van der Waals surface area (Å²) in [6.45, 7) is 3.92. The molecule has 2 heterocycles. The van der Waals surface area contributed by atoms with Gasteiger partial charge in [-0.15, -0.1) is 17.9 Å². The molecule has 2 aromatic rings. The van der Waals surface area contributed by atoms with E-state index >= 15 is 0 Å². The predicted molar refractivity (Wildman–Crippen MR) is 80.7 cm³/mol. The SMILES string of the molecule is C=CCCC(=O)Nc1cc(-c2cccs2)nn1CCO. The molecule has 0 aliphatic carbocycles. The van der Waals surface area contributed by atoms with Crippen LogP contribution in [-0.2, 0) is 11.3 Å². The number of nitrogens with zero attached hydrogens (tertiary/aromatic N) is 2. The van der Waals surface area contributed by atoms with E-state index in [9.17, 15) is 4.79 Å². The molecule has 0 aliphatic rings. The molecule has 2 aromatic heterocycles. The maximum absolute atomic E-state index is 11.8. The average molecular weight is 291 g/mol. The largest absolute Gasteiger partial charge is 0.394 e. The third kappa shape index (κ3) is 3.55. The van der Waals surface area contributed by atoms with E-state index in [1.807, 2.05) is 23.6 Å². The van der Waals surface area contributed by atoms with Gasteiger partial charge < -0.3 is 10.4 Å². The highest BCUT2D eigenvalue weighted by molar-refractivity contribution is 7.13. The van der Waals surface area contributed by atoms with Crippen molar-refractivity contribution in [3.05, 3.63) is 36.2 Å². The Balaban J connectivity index is 2.17. The van der Waals surface area contributed by atoms with Gasteiger partial charge in [-0.1, -0.05) is 12.1 Å². The summed E-state index contributed by atoms with van der Waals surface area (Å²) in [6, 6.07) is 5.75. The number of thiophene rings is 1. The summed E-state index contributed by atoms with van der Waals surface area (Å²) in [7, 11) is 0. The van der Waals surface area contributed by atoms with Crippen LogP contribution in [0.25, 0.3) is 10.6 Å². The molecule has 0 unspecified atom stereocenters. The van der Waals surface area contributed by atoms with E-state index in [0.29, 0.717) is 25.2 Å². The molecule has 0 saturated carbocycles. The minimum atomic E-state index is -0.0817. The zero-order valence-electron chi connectivity index (χ0n) is 11.1. The van der Waals surface area contributed by atoms with Gasteiger partial charge in [-0.3, -0.25) is 4.79 Å². The van der Waals surface area contributed by atoms with Crippen LogP contribution < -0.4 is 5.32 Å². The van der Waals surface area contributed by atoms with E-state index in [0.717, 1.165) is 10.6 Å². The lowest BCUT2D eigenvalue weighted by Crippen LogP contribution is -2.16.